The largest absolute Gasteiger partial charge is 0.480 e. The molecule has 2 atom stereocenters. The van der Waals surface area contributed by atoms with E-state index in [0.717, 1.165) is 12.2 Å². The summed E-state index contributed by atoms with van der Waals surface area (Å²) in [7, 11) is 0. The van der Waals surface area contributed by atoms with Gasteiger partial charge in [-0.3, -0.25) is 0 Å². The van der Waals surface area contributed by atoms with Crippen LogP contribution in [-0.2, 0) is 66.7 Å². The van der Waals surface area contributed by atoms with E-state index in [-0.39, 0.29) is 36.8 Å². The molecule has 1 aliphatic carbocycles. The maximum atomic E-state index is 12.8. The van der Waals surface area contributed by atoms with Crippen LogP contribution in [0.2, 0.25) is 0 Å². The molecule has 5 rings (SSSR count). The number of hydrogen-bond acceptors (Lipinski definition) is 16. The van der Waals surface area contributed by atoms with Crippen LogP contribution >= 0.6 is 0 Å². The van der Waals surface area contributed by atoms with E-state index in [1.807, 2.05) is 0 Å². The summed E-state index contributed by atoms with van der Waals surface area (Å²) in [6, 6.07) is 0. The molecule has 0 aromatic heterocycles. The maximum absolute atomic E-state index is 12.8. The predicted octanol–water partition coefficient (Wildman–Crippen LogP) is 4.17. The fraction of sp³-hybridized carbons (Fsp3) is 0.389. The van der Waals surface area contributed by atoms with E-state index >= 15 is 0 Å². The Morgan fingerprint density at radius 2 is 0.808 bits per heavy atom. The fourth-order valence-electron chi connectivity index (χ4n) is 5.34. The Balaban J connectivity index is 1.14. The van der Waals surface area contributed by atoms with Gasteiger partial charge in [-0.15, -0.1) is 0 Å². The Bertz CT molecular complexity index is 1650. The molecule has 2 spiro atoms. The van der Waals surface area contributed by atoms with Crippen LogP contribution in [0.25, 0.3) is 0 Å². The van der Waals surface area contributed by atoms with Crippen LogP contribution in [0, 0.1) is 0 Å². The number of carbonyl (C=O) groups excluding carboxylic acids is 6. The second-order valence-electron chi connectivity index (χ2n) is 12.4. The van der Waals surface area contributed by atoms with Gasteiger partial charge in [0.1, 0.15) is 22.3 Å². The van der Waals surface area contributed by atoms with Gasteiger partial charge in [-0.05, 0) is 24.3 Å². The Labute approximate surface area is 296 Å². The monoisotopic (exact) mass is 724 g/mol. The lowest BCUT2D eigenvalue weighted by Gasteiger charge is -2.45. The molecule has 2 N–H and O–H groups in total. The molecular formula is C36H36O16. The average molecular weight is 725 g/mol. The smallest absolute Gasteiger partial charge is 0.348 e. The number of esters is 6. The summed E-state index contributed by atoms with van der Waals surface area (Å²) in [5, 5.41) is 20.1. The topological polar surface area (TPSA) is 217 Å². The highest BCUT2D eigenvalue weighted by Gasteiger charge is 2.56. The minimum Gasteiger partial charge on any atom is -0.480 e. The number of aliphatic hydroxyl groups excluding tert-OH is 2. The standard InChI is InChI=1S/C36H36O16/c1-5-33(3)45-25(37)21(26(38)46-33)13-9-7-11-15-23-29(41)49-35(50-30(23)42)17-19-36(20-18-35)51-31(43)24(32(44)52-36)16-12-8-10-14-22-27(39)47-34(4,6-2)48-28(22)40/h7-16,37,39H,5-6,17-20H2,1-4H3/b11-7+,12-8+,13-9+,14-10+,23-15?,24-16?. The van der Waals surface area contributed by atoms with Crippen molar-refractivity contribution >= 4 is 35.8 Å². The molecule has 4 heterocycles. The van der Waals surface area contributed by atoms with Crippen molar-refractivity contribution < 1.29 is 76.9 Å². The third kappa shape index (κ3) is 7.80. The third-order valence-corrected chi connectivity index (χ3v) is 8.69. The average Bonchev–Trinajstić information content (AvgIpc) is 3.06. The second kappa shape index (κ2) is 14.3. The first kappa shape index (κ1) is 37.2. The summed E-state index contributed by atoms with van der Waals surface area (Å²) in [5.41, 5.74) is -1.27. The van der Waals surface area contributed by atoms with Crippen molar-refractivity contribution in [2.75, 3.05) is 0 Å². The minimum atomic E-state index is -1.67. The number of ether oxygens (including phenoxy) is 8. The summed E-state index contributed by atoms with van der Waals surface area (Å²) in [5.74, 6) is -12.5. The summed E-state index contributed by atoms with van der Waals surface area (Å²) in [6.07, 6.45) is 12.9. The molecule has 16 nitrogen and oxygen atoms in total. The first-order valence-corrected chi connectivity index (χ1v) is 16.3. The van der Waals surface area contributed by atoms with E-state index in [1.54, 1.807) is 13.8 Å². The van der Waals surface area contributed by atoms with Crippen molar-refractivity contribution in [3.63, 3.8) is 0 Å². The van der Waals surface area contributed by atoms with Gasteiger partial charge in [0.2, 0.25) is 0 Å². The number of hydrogen-bond donors (Lipinski definition) is 2. The van der Waals surface area contributed by atoms with Crippen molar-refractivity contribution in [2.45, 2.75) is 89.4 Å². The summed E-state index contributed by atoms with van der Waals surface area (Å²) >= 11 is 0. The summed E-state index contributed by atoms with van der Waals surface area (Å²) in [6.45, 7) is 6.45. The van der Waals surface area contributed by atoms with Crippen molar-refractivity contribution in [3.05, 3.63) is 94.9 Å². The number of carbonyl (C=O) groups is 6. The Kier molecular flexibility index (Phi) is 10.2. The SMILES string of the molecule is CCC1(C)OC(=O)C(/C=C/C=C/C=C2C(=O)OC3(CCC4(CC3)OC(=O)C(=C/C=C/C=C/C3=C(O)OC(C)(CC)OC3=O)C(=O)O4)OC2=O)=C(O)O1. The van der Waals surface area contributed by atoms with Gasteiger partial charge in [-0.25, -0.2) is 28.8 Å². The van der Waals surface area contributed by atoms with Gasteiger partial charge in [-0.2, -0.15) is 0 Å². The zero-order valence-electron chi connectivity index (χ0n) is 28.6. The summed E-state index contributed by atoms with van der Waals surface area (Å²) < 4.78 is 42.8. The number of cyclic esters (lactones) is 2. The van der Waals surface area contributed by atoms with Gasteiger partial charge in [0, 0.05) is 52.4 Å². The van der Waals surface area contributed by atoms with E-state index < -0.39 is 82.0 Å². The van der Waals surface area contributed by atoms with E-state index in [1.165, 1.54) is 62.5 Å². The first-order chi connectivity index (χ1) is 24.5. The number of rotatable bonds is 8. The van der Waals surface area contributed by atoms with Crippen LogP contribution in [0.5, 0.6) is 0 Å². The van der Waals surface area contributed by atoms with E-state index in [0.29, 0.717) is 12.8 Å². The van der Waals surface area contributed by atoms with Crippen LogP contribution < -0.4 is 0 Å². The van der Waals surface area contributed by atoms with Gasteiger partial charge in [0.25, 0.3) is 35.0 Å². The molecule has 0 radical (unpaired) electrons. The molecule has 0 bridgehead atoms. The van der Waals surface area contributed by atoms with Gasteiger partial charge in [-0.1, -0.05) is 50.3 Å². The Hall–Kier alpha value is -6.06. The van der Waals surface area contributed by atoms with Crippen LogP contribution in [0.15, 0.2) is 94.9 Å². The Morgan fingerprint density at radius 3 is 1.10 bits per heavy atom. The molecule has 0 aromatic carbocycles. The summed E-state index contributed by atoms with van der Waals surface area (Å²) in [4.78, 5) is 75.6. The molecular weight excluding hydrogens is 688 g/mol. The van der Waals surface area contributed by atoms with Gasteiger partial charge in [0.05, 0.1) is 0 Å². The molecule has 3 fully saturated rings. The van der Waals surface area contributed by atoms with Crippen molar-refractivity contribution in [1.29, 1.82) is 0 Å². The number of allylic oxidation sites excluding steroid dienone is 8. The zero-order valence-corrected chi connectivity index (χ0v) is 28.6. The lowest BCUT2D eigenvalue weighted by molar-refractivity contribution is -0.291. The molecule has 0 amide bonds. The van der Waals surface area contributed by atoms with Crippen molar-refractivity contribution in [3.8, 4) is 0 Å². The normalized spacial score (nSPS) is 31.2. The van der Waals surface area contributed by atoms with Crippen LogP contribution in [0.1, 0.15) is 66.2 Å². The van der Waals surface area contributed by atoms with Crippen LogP contribution in [-0.4, -0.2) is 69.2 Å². The highest BCUT2D eigenvalue weighted by molar-refractivity contribution is 6.16. The van der Waals surface area contributed by atoms with Gasteiger partial charge in [0.15, 0.2) is 0 Å². The van der Waals surface area contributed by atoms with Crippen molar-refractivity contribution in [2.24, 2.45) is 0 Å². The fourth-order valence-corrected chi connectivity index (χ4v) is 5.34. The minimum absolute atomic E-state index is 0.138. The Morgan fingerprint density at radius 1 is 0.481 bits per heavy atom. The van der Waals surface area contributed by atoms with Gasteiger partial charge >= 0.3 is 35.8 Å². The third-order valence-electron chi connectivity index (χ3n) is 8.69. The molecule has 4 aliphatic heterocycles. The predicted molar refractivity (Wildman–Crippen MR) is 172 cm³/mol. The zero-order chi connectivity index (χ0) is 37.9. The lowest BCUT2D eigenvalue weighted by Crippen LogP contribution is -2.56. The second-order valence-corrected chi connectivity index (χ2v) is 12.4. The van der Waals surface area contributed by atoms with Crippen LogP contribution in [0.3, 0.4) is 0 Å². The van der Waals surface area contributed by atoms with Crippen LogP contribution in [0.4, 0.5) is 0 Å². The highest BCUT2D eigenvalue weighted by atomic mass is 16.8. The number of aliphatic hydroxyl groups is 2. The molecule has 2 unspecified atom stereocenters. The molecule has 5 aliphatic rings. The molecule has 276 valence electrons. The highest BCUT2D eigenvalue weighted by Crippen LogP contribution is 2.45. The molecule has 52 heavy (non-hydrogen) atoms. The molecule has 0 aromatic rings. The van der Waals surface area contributed by atoms with E-state index in [2.05, 4.69) is 0 Å². The molecule has 1 saturated carbocycles. The lowest BCUT2D eigenvalue weighted by atomic mass is 9.87. The van der Waals surface area contributed by atoms with Crippen molar-refractivity contribution in [1.82, 2.24) is 0 Å². The quantitative estimate of drug-likeness (QED) is 0.118. The first-order valence-electron chi connectivity index (χ1n) is 16.3. The molecule has 16 heteroatoms. The van der Waals surface area contributed by atoms with E-state index in [9.17, 15) is 39.0 Å². The van der Waals surface area contributed by atoms with E-state index in [4.69, 9.17) is 37.9 Å². The molecule has 2 saturated heterocycles. The maximum Gasteiger partial charge on any atom is 0.348 e. The van der Waals surface area contributed by atoms with Gasteiger partial charge < -0.3 is 48.1 Å².